The van der Waals surface area contributed by atoms with Crippen LogP contribution in [0.3, 0.4) is 0 Å². The van der Waals surface area contributed by atoms with E-state index in [1.54, 1.807) is 19.2 Å². The summed E-state index contributed by atoms with van der Waals surface area (Å²) in [6.45, 7) is 2.00. The predicted octanol–water partition coefficient (Wildman–Crippen LogP) is 4.21. The molecule has 2 aromatic rings. The molecule has 110 valence electrons. The number of aliphatic hydroxyl groups excluding tert-OH is 1. The number of hydrogen-bond acceptors (Lipinski definition) is 3. The van der Waals surface area contributed by atoms with E-state index in [0.29, 0.717) is 17.2 Å². The molecule has 0 saturated carbocycles. The Morgan fingerprint density at radius 3 is 2.76 bits per heavy atom. The lowest BCUT2D eigenvalue weighted by Gasteiger charge is -2.30. The molecule has 1 heterocycles. The molecule has 3 rings (SSSR count). The minimum atomic E-state index is -0.570. The molecule has 0 fully saturated rings. The number of aryl methyl sites for hydroxylation is 1. The van der Waals surface area contributed by atoms with Gasteiger partial charge < -0.3 is 14.6 Å². The number of ether oxygens (including phenoxy) is 2. The summed E-state index contributed by atoms with van der Waals surface area (Å²) in [7, 11) is 1.66. The first-order chi connectivity index (χ1) is 10.1. The van der Waals surface area contributed by atoms with Crippen molar-refractivity contribution in [3.8, 4) is 11.5 Å². The minimum absolute atomic E-state index is 0.168. The lowest BCUT2D eigenvalue weighted by molar-refractivity contribution is 0.0657. The van der Waals surface area contributed by atoms with E-state index >= 15 is 0 Å². The van der Waals surface area contributed by atoms with Gasteiger partial charge in [0.05, 0.1) is 13.2 Å². The van der Waals surface area contributed by atoms with Gasteiger partial charge in [-0.05, 0) is 48.4 Å². The van der Waals surface area contributed by atoms with Crippen LogP contribution in [0, 0.1) is 6.92 Å². The van der Waals surface area contributed by atoms with Crippen LogP contribution in [0.5, 0.6) is 11.5 Å². The lowest BCUT2D eigenvalue weighted by atomic mass is 9.94. The van der Waals surface area contributed by atoms with Crippen molar-refractivity contribution in [2.45, 2.75) is 25.6 Å². The number of hydrogen-bond donors (Lipinski definition) is 1. The van der Waals surface area contributed by atoms with Gasteiger partial charge >= 0.3 is 0 Å². The number of fused-ring (bicyclic) bond motifs is 1. The van der Waals surface area contributed by atoms with Crippen LogP contribution < -0.4 is 9.47 Å². The molecule has 1 N–H and O–H groups in total. The highest BCUT2D eigenvalue weighted by molar-refractivity contribution is 6.30. The lowest BCUT2D eigenvalue weighted by Crippen LogP contribution is -2.19. The average molecular weight is 305 g/mol. The van der Waals surface area contributed by atoms with Gasteiger partial charge in [0.2, 0.25) is 0 Å². The van der Waals surface area contributed by atoms with Gasteiger partial charge in [0.25, 0.3) is 0 Å². The summed E-state index contributed by atoms with van der Waals surface area (Å²) in [5.74, 6) is 1.54. The van der Waals surface area contributed by atoms with E-state index in [4.69, 9.17) is 21.1 Å². The van der Waals surface area contributed by atoms with E-state index in [1.165, 1.54) is 0 Å². The van der Waals surface area contributed by atoms with Crippen LogP contribution in [0.25, 0.3) is 0 Å². The van der Waals surface area contributed by atoms with Gasteiger partial charge in [-0.25, -0.2) is 0 Å². The first kappa shape index (κ1) is 14.2. The highest BCUT2D eigenvalue weighted by Crippen LogP contribution is 2.42. The van der Waals surface area contributed by atoms with Crippen LogP contribution in [-0.4, -0.2) is 12.2 Å². The van der Waals surface area contributed by atoms with E-state index in [9.17, 15) is 5.11 Å². The van der Waals surface area contributed by atoms with Crippen LogP contribution in [-0.2, 0) is 0 Å². The quantitative estimate of drug-likeness (QED) is 0.903. The summed E-state index contributed by atoms with van der Waals surface area (Å²) in [5, 5.41) is 10.9. The second-order valence-corrected chi connectivity index (χ2v) is 5.71. The molecular formula is C17H17ClO3. The molecule has 0 aliphatic carbocycles. The molecule has 21 heavy (non-hydrogen) atoms. The van der Waals surface area contributed by atoms with E-state index in [2.05, 4.69) is 0 Å². The molecular weight excluding hydrogens is 288 g/mol. The molecule has 0 radical (unpaired) electrons. The Morgan fingerprint density at radius 2 is 2.05 bits per heavy atom. The molecule has 1 aliphatic rings. The van der Waals surface area contributed by atoms with Crippen molar-refractivity contribution >= 4 is 11.6 Å². The number of halogens is 1. The Hall–Kier alpha value is -1.71. The van der Waals surface area contributed by atoms with Gasteiger partial charge in [0.15, 0.2) is 0 Å². The fraction of sp³-hybridized carbons (Fsp3) is 0.294. The maximum Gasteiger partial charge on any atom is 0.127 e. The van der Waals surface area contributed by atoms with Gasteiger partial charge in [-0.15, -0.1) is 0 Å². The predicted molar refractivity (Wildman–Crippen MR) is 82.1 cm³/mol. The average Bonchev–Trinajstić information content (AvgIpc) is 2.47. The Labute approximate surface area is 129 Å². The molecule has 3 nitrogen and oxygen atoms in total. The van der Waals surface area contributed by atoms with Crippen molar-refractivity contribution in [1.82, 2.24) is 0 Å². The molecule has 0 saturated heterocycles. The summed E-state index contributed by atoms with van der Waals surface area (Å²) in [6.07, 6.45) is -0.225. The van der Waals surface area contributed by atoms with Crippen LogP contribution in [0.1, 0.15) is 35.3 Å². The SMILES string of the molecule is COc1ccc(C2C[C@H](O)c3cc(Cl)ccc3O2)cc1C. The van der Waals surface area contributed by atoms with E-state index in [0.717, 1.165) is 22.4 Å². The Morgan fingerprint density at radius 1 is 1.24 bits per heavy atom. The van der Waals surface area contributed by atoms with E-state index < -0.39 is 6.10 Å². The third-order valence-corrected chi connectivity index (χ3v) is 4.06. The maximum absolute atomic E-state index is 10.3. The summed E-state index contributed by atoms with van der Waals surface area (Å²) >= 11 is 5.97. The number of methoxy groups -OCH3 is 1. The van der Waals surface area contributed by atoms with Crippen LogP contribution >= 0.6 is 11.6 Å². The highest BCUT2D eigenvalue weighted by Gasteiger charge is 2.28. The van der Waals surface area contributed by atoms with Gasteiger partial charge in [0.1, 0.15) is 17.6 Å². The summed E-state index contributed by atoms with van der Waals surface area (Å²) < 4.78 is 11.3. The third-order valence-electron chi connectivity index (χ3n) is 3.83. The van der Waals surface area contributed by atoms with Crippen molar-refractivity contribution in [1.29, 1.82) is 0 Å². The molecule has 1 unspecified atom stereocenters. The van der Waals surface area contributed by atoms with E-state index in [-0.39, 0.29) is 6.10 Å². The summed E-state index contributed by atoms with van der Waals surface area (Å²) in [6, 6.07) is 11.3. The zero-order chi connectivity index (χ0) is 15.0. The van der Waals surface area contributed by atoms with Crippen molar-refractivity contribution in [2.24, 2.45) is 0 Å². The third kappa shape index (κ3) is 2.71. The van der Waals surface area contributed by atoms with Crippen molar-refractivity contribution in [3.05, 3.63) is 58.1 Å². The first-order valence-corrected chi connectivity index (χ1v) is 7.25. The zero-order valence-corrected chi connectivity index (χ0v) is 12.7. The molecule has 0 amide bonds. The van der Waals surface area contributed by atoms with Gasteiger partial charge in [0, 0.05) is 17.0 Å². The first-order valence-electron chi connectivity index (χ1n) is 6.87. The molecule has 2 aromatic carbocycles. The second-order valence-electron chi connectivity index (χ2n) is 5.27. The van der Waals surface area contributed by atoms with Crippen molar-refractivity contribution < 1.29 is 14.6 Å². The molecule has 0 bridgehead atoms. The Balaban J connectivity index is 1.92. The van der Waals surface area contributed by atoms with Crippen LogP contribution in [0.15, 0.2) is 36.4 Å². The molecule has 0 spiro atoms. The van der Waals surface area contributed by atoms with Gasteiger partial charge in [-0.2, -0.15) is 0 Å². The minimum Gasteiger partial charge on any atom is -0.496 e. The number of benzene rings is 2. The summed E-state index contributed by atoms with van der Waals surface area (Å²) in [4.78, 5) is 0. The largest absolute Gasteiger partial charge is 0.496 e. The monoisotopic (exact) mass is 304 g/mol. The normalized spacial score (nSPS) is 20.6. The molecule has 4 heteroatoms. The fourth-order valence-corrected chi connectivity index (χ4v) is 2.90. The molecule has 2 atom stereocenters. The molecule has 1 aliphatic heterocycles. The second kappa shape index (κ2) is 5.58. The van der Waals surface area contributed by atoms with Crippen LogP contribution in [0.2, 0.25) is 5.02 Å². The zero-order valence-electron chi connectivity index (χ0n) is 12.0. The maximum atomic E-state index is 10.3. The summed E-state index contributed by atoms with van der Waals surface area (Å²) in [5.41, 5.74) is 2.84. The number of aliphatic hydroxyl groups is 1. The fourth-order valence-electron chi connectivity index (χ4n) is 2.72. The molecule has 0 aromatic heterocycles. The van der Waals surface area contributed by atoms with Gasteiger partial charge in [-0.3, -0.25) is 0 Å². The van der Waals surface area contributed by atoms with Crippen molar-refractivity contribution in [2.75, 3.05) is 7.11 Å². The van der Waals surface area contributed by atoms with E-state index in [1.807, 2.05) is 31.2 Å². The Kier molecular flexibility index (Phi) is 3.79. The number of rotatable bonds is 2. The topological polar surface area (TPSA) is 38.7 Å². The van der Waals surface area contributed by atoms with Crippen molar-refractivity contribution in [3.63, 3.8) is 0 Å². The highest BCUT2D eigenvalue weighted by atomic mass is 35.5. The van der Waals surface area contributed by atoms with Gasteiger partial charge in [-0.1, -0.05) is 17.7 Å². The Bertz CT molecular complexity index is 669. The standard InChI is InChI=1S/C17H17ClO3/c1-10-7-11(3-5-15(10)20-2)17-9-14(19)13-8-12(18)4-6-16(13)21-17/h3-8,14,17,19H,9H2,1-2H3/t14-,17?/m0/s1. The van der Waals surface area contributed by atoms with Crippen LogP contribution in [0.4, 0.5) is 0 Å². The smallest absolute Gasteiger partial charge is 0.127 e.